The SMILES string of the molecule is O=S(=O)(NCCc1csc2nc(-c3cccs3)nn12)c1c(F)cccc1F. The fourth-order valence-electron chi connectivity index (χ4n) is 2.53. The molecule has 0 fully saturated rings. The smallest absolute Gasteiger partial charge is 0.211 e. The van der Waals surface area contributed by atoms with Crippen LogP contribution >= 0.6 is 22.7 Å². The fraction of sp³-hybridized carbons (Fsp3) is 0.125. The van der Waals surface area contributed by atoms with Gasteiger partial charge in [0.25, 0.3) is 0 Å². The van der Waals surface area contributed by atoms with Gasteiger partial charge < -0.3 is 0 Å². The fourth-order valence-corrected chi connectivity index (χ4v) is 5.21. The monoisotopic (exact) mass is 426 g/mol. The summed E-state index contributed by atoms with van der Waals surface area (Å²) in [5.41, 5.74) is 0.752. The lowest BCUT2D eigenvalue weighted by Gasteiger charge is -2.08. The van der Waals surface area contributed by atoms with E-state index in [0.29, 0.717) is 17.2 Å². The number of hydrogen-bond acceptors (Lipinski definition) is 6. The average molecular weight is 426 g/mol. The number of fused-ring (bicyclic) bond motifs is 1. The van der Waals surface area contributed by atoms with Gasteiger partial charge in [0.05, 0.1) is 10.6 Å². The van der Waals surface area contributed by atoms with Crippen LogP contribution in [0.15, 0.2) is 46.0 Å². The molecule has 0 aliphatic rings. The highest BCUT2D eigenvalue weighted by Gasteiger charge is 2.23. The molecule has 0 spiro atoms. The van der Waals surface area contributed by atoms with E-state index in [9.17, 15) is 17.2 Å². The van der Waals surface area contributed by atoms with Crippen molar-refractivity contribution in [3.05, 3.63) is 58.4 Å². The van der Waals surface area contributed by atoms with Crippen molar-refractivity contribution in [1.82, 2.24) is 19.3 Å². The lowest BCUT2D eigenvalue weighted by Crippen LogP contribution is -2.28. The van der Waals surface area contributed by atoms with Crippen LogP contribution in [-0.4, -0.2) is 29.6 Å². The maximum Gasteiger partial charge on any atom is 0.246 e. The Bertz CT molecular complexity index is 1180. The Morgan fingerprint density at radius 3 is 2.59 bits per heavy atom. The molecular formula is C16H12F2N4O2S3. The van der Waals surface area contributed by atoms with Crippen molar-refractivity contribution in [3.63, 3.8) is 0 Å². The second-order valence-electron chi connectivity index (χ2n) is 5.53. The van der Waals surface area contributed by atoms with Gasteiger partial charge in [-0.15, -0.1) is 27.8 Å². The molecule has 0 aliphatic carbocycles. The predicted molar refractivity (Wildman–Crippen MR) is 99.4 cm³/mol. The number of aromatic nitrogens is 3. The van der Waals surface area contributed by atoms with Crippen LogP contribution in [0.1, 0.15) is 5.69 Å². The largest absolute Gasteiger partial charge is 0.246 e. The number of benzene rings is 1. The van der Waals surface area contributed by atoms with E-state index < -0.39 is 26.6 Å². The second kappa shape index (κ2) is 7.08. The molecule has 0 unspecified atom stereocenters. The Balaban J connectivity index is 1.51. The zero-order valence-electron chi connectivity index (χ0n) is 13.6. The molecule has 0 bridgehead atoms. The van der Waals surface area contributed by atoms with E-state index in [1.165, 1.54) is 22.7 Å². The van der Waals surface area contributed by atoms with Gasteiger partial charge in [-0.3, -0.25) is 0 Å². The first kappa shape index (κ1) is 18.2. The highest BCUT2D eigenvalue weighted by molar-refractivity contribution is 7.89. The van der Waals surface area contributed by atoms with Gasteiger partial charge in [-0.2, -0.15) is 4.98 Å². The van der Waals surface area contributed by atoms with Crippen LogP contribution in [0.4, 0.5) is 8.78 Å². The Labute approximate surface area is 161 Å². The van der Waals surface area contributed by atoms with Gasteiger partial charge in [-0.25, -0.2) is 26.4 Å². The highest BCUT2D eigenvalue weighted by Crippen LogP contribution is 2.24. The summed E-state index contributed by atoms with van der Waals surface area (Å²) in [5, 5.41) is 8.20. The minimum absolute atomic E-state index is 0.0316. The molecule has 11 heteroatoms. The molecule has 1 aromatic carbocycles. The van der Waals surface area contributed by atoms with Crippen LogP contribution in [0, 0.1) is 11.6 Å². The Morgan fingerprint density at radius 2 is 1.89 bits per heavy atom. The minimum Gasteiger partial charge on any atom is -0.211 e. The molecule has 0 saturated heterocycles. The molecule has 27 heavy (non-hydrogen) atoms. The highest BCUT2D eigenvalue weighted by atomic mass is 32.2. The third kappa shape index (κ3) is 3.50. The standard InChI is InChI=1S/C16H12F2N4O2S3/c17-11-3-1-4-12(18)14(11)27(23,24)19-7-6-10-9-26-16-20-15(21-22(10)16)13-5-2-8-25-13/h1-5,8-9,19H,6-7H2. The first-order valence-electron chi connectivity index (χ1n) is 7.76. The first-order valence-corrected chi connectivity index (χ1v) is 11.0. The number of thiophene rings is 1. The predicted octanol–water partition coefficient (Wildman–Crippen LogP) is 3.32. The van der Waals surface area contributed by atoms with E-state index >= 15 is 0 Å². The average Bonchev–Trinajstić information content (AvgIpc) is 3.31. The number of hydrogen-bond donors (Lipinski definition) is 1. The van der Waals surface area contributed by atoms with E-state index in [2.05, 4.69) is 14.8 Å². The molecule has 1 N–H and O–H groups in total. The first-order chi connectivity index (χ1) is 13.0. The third-order valence-electron chi connectivity index (χ3n) is 3.75. The van der Waals surface area contributed by atoms with E-state index in [-0.39, 0.29) is 6.54 Å². The van der Waals surface area contributed by atoms with Crippen LogP contribution < -0.4 is 4.72 Å². The Hall–Kier alpha value is -2.21. The number of nitrogens with zero attached hydrogens (tertiary/aromatic N) is 3. The summed E-state index contributed by atoms with van der Waals surface area (Å²) in [5.74, 6) is -1.65. The Kier molecular flexibility index (Phi) is 4.76. The molecule has 6 nitrogen and oxygen atoms in total. The van der Waals surface area contributed by atoms with Crippen molar-refractivity contribution < 1.29 is 17.2 Å². The van der Waals surface area contributed by atoms with Gasteiger partial charge in [-0.05, 0) is 23.6 Å². The van der Waals surface area contributed by atoms with Crippen molar-refractivity contribution >= 4 is 37.7 Å². The number of rotatable bonds is 6. The summed E-state index contributed by atoms with van der Waals surface area (Å²) in [6.07, 6.45) is 0.294. The van der Waals surface area contributed by atoms with Crippen LogP contribution in [0.25, 0.3) is 15.7 Å². The normalized spacial score (nSPS) is 12.1. The number of sulfonamides is 1. The molecule has 0 radical (unpaired) electrons. The third-order valence-corrected chi connectivity index (χ3v) is 6.99. The summed E-state index contributed by atoms with van der Waals surface area (Å²) in [6.45, 7) is -0.0316. The van der Waals surface area contributed by atoms with Crippen molar-refractivity contribution in [2.24, 2.45) is 0 Å². The van der Waals surface area contributed by atoms with Crippen LogP contribution in [0.3, 0.4) is 0 Å². The molecule has 0 aliphatic heterocycles. The Morgan fingerprint density at radius 1 is 1.11 bits per heavy atom. The molecule has 3 aromatic heterocycles. The molecule has 3 heterocycles. The van der Waals surface area contributed by atoms with Gasteiger partial charge in [0, 0.05) is 18.3 Å². The lowest BCUT2D eigenvalue weighted by atomic mass is 10.3. The zero-order valence-corrected chi connectivity index (χ0v) is 16.0. The zero-order chi connectivity index (χ0) is 19.0. The van der Waals surface area contributed by atoms with Gasteiger partial charge >= 0.3 is 0 Å². The van der Waals surface area contributed by atoms with Crippen molar-refractivity contribution in [3.8, 4) is 10.7 Å². The number of halogens is 2. The van der Waals surface area contributed by atoms with Crippen molar-refractivity contribution in [1.29, 1.82) is 0 Å². The minimum atomic E-state index is -4.30. The quantitative estimate of drug-likeness (QED) is 0.513. The second-order valence-corrected chi connectivity index (χ2v) is 9.02. The van der Waals surface area contributed by atoms with Gasteiger partial charge in [0.15, 0.2) is 10.7 Å². The lowest BCUT2D eigenvalue weighted by molar-refractivity contribution is 0.514. The van der Waals surface area contributed by atoms with E-state index in [1.54, 1.807) is 4.52 Å². The summed E-state index contributed by atoms with van der Waals surface area (Å²) in [4.78, 5) is 5.10. The van der Waals surface area contributed by atoms with Crippen LogP contribution in [0.5, 0.6) is 0 Å². The molecule has 0 amide bonds. The van der Waals surface area contributed by atoms with E-state index in [0.717, 1.165) is 28.8 Å². The molecule has 140 valence electrons. The van der Waals surface area contributed by atoms with E-state index in [1.807, 2.05) is 22.9 Å². The summed E-state index contributed by atoms with van der Waals surface area (Å²) in [6, 6.07) is 6.75. The van der Waals surface area contributed by atoms with Crippen molar-refractivity contribution in [2.45, 2.75) is 11.3 Å². The number of nitrogens with one attached hydrogen (secondary N) is 1. The van der Waals surface area contributed by atoms with Crippen LogP contribution in [0.2, 0.25) is 0 Å². The van der Waals surface area contributed by atoms with Crippen LogP contribution in [-0.2, 0) is 16.4 Å². The maximum absolute atomic E-state index is 13.7. The molecule has 0 saturated carbocycles. The summed E-state index contributed by atoms with van der Waals surface area (Å²) < 4.78 is 55.7. The summed E-state index contributed by atoms with van der Waals surface area (Å²) >= 11 is 2.91. The maximum atomic E-state index is 13.7. The molecule has 4 aromatic rings. The molecular weight excluding hydrogens is 414 g/mol. The molecule has 0 atom stereocenters. The van der Waals surface area contributed by atoms with Gasteiger partial charge in [0.1, 0.15) is 11.6 Å². The molecule has 4 rings (SSSR count). The van der Waals surface area contributed by atoms with Crippen molar-refractivity contribution in [2.75, 3.05) is 6.54 Å². The van der Waals surface area contributed by atoms with E-state index in [4.69, 9.17) is 0 Å². The van der Waals surface area contributed by atoms with Gasteiger partial charge in [-0.1, -0.05) is 12.1 Å². The topological polar surface area (TPSA) is 76.4 Å². The van der Waals surface area contributed by atoms with Gasteiger partial charge in [0.2, 0.25) is 15.0 Å². The number of thiazole rings is 1. The summed E-state index contributed by atoms with van der Waals surface area (Å²) in [7, 11) is -4.30.